The summed E-state index contributed by atoms with van der Waals surface area (Å²) in [5, 5.41) is 9.14. The van der Waals surface area contributed by atoms with Crippen LogP contribution in [0.25, 0.3) is 0 Å². The van der Waals surface area contributed by atoms with Crippen molar-refractivity contribution in [1.29, 1.82) is 0 Å². The topological polar surface area (TPSA) is 80.7 Å². The third kappa shape index (κ3) is 4.05. The van der Waals surface area contributed by atoms with E-state index in [-0.39, 0.29) is 12.4 Å². The van der Waals surface area contributed by atoms with Gasteiger partial charge in [0.2, 0.25) is 0 Å². The van der Waals surface area contributed by atoms with Crippen LogP contribution < -0.4 is 0 Å². The second-order valence-electron chi connectivity index (χ2n) is 6.12. The van der Waals surface area contributed by atoms with Crippen molar-refractivity contribution in [2.75, 3.05) is 6.61 Å². The molecule has 1 saturated carbocycles. The van der Waals surface area contributed by atoms with Gasteiger partial charge in [0.25, 0.3) is 0 Å². The third-order valence-electron chi connectivity index (χ3n) is 4.28. The van der Waals surface area contributed by atoms with Crippen LogP contribution in [0.1, 0.15) is 52.9 Å². The predicted molar refractivity (Wildman–Crippen MR) is 73.1 cm³/mol. The van der Waals surface area contributed by atoms with E-state index in [9.17, 15) is 14.4 Å². The maximum atomic E-state index is 12.1. The number of Topliss-reactive ketones (excluding diaryl/α,β-unsaturated/α-hetero) is 1. The molecule has 1 aliphatic rings. The minimum atomic E-state index is -0.928. The van der Waals surface area contributed by atoms with Gasteiger partial charge in [-0.1, -0.05) is 19.8 Å². The summed E-state index contributed by atoms with van der Waals surface area (Å²) in [6.07, 6.45) is 3.42. The molecule has 5 heteroatoms. The highest BCUT2D eigenvalue weighted by Crippen LogP contribution is 2.31. The molecule has 0 heterocycles. The van der Waals surface area contributed by atoms with Crippen molar-refractivity contribution < 1.29 is 24.2 Å². The fourth-order valence-corrected chi connectivity index (χ4v) is 2.40. The maximum Gasteiger partial charge on any atom is 0.311 e. The number of carboxylic acids is 1. The molecule has 5 nitrogen and oxygen atoms in total. The molecule has 0 aromatic heterocycles. The lowest BCUT2D eigenvalue weighted by Crippen LogP contribution is -2.36. The highest BCUT2D eigenvalue weighted by atomic mass is 16.5. The Morgan fingerprint density at radius 2 is 1.70 bits per heavy atom. The first kappa shape index (κ1) is 16.7. The molecule has 20 heavy (non-hydrogen) atoms. The molecule has 0 aromatic carbocycles. The summed E-state index contributed by atoms with van der Waals surface area (Å²) < 4.78 is 5.06. The molecule has 1 fully saturated rings. The van der Waals surface area contributed by atoms with Crippen LogP contribution in [0.3, 0.4) is 0 Å². The predicted octanol–water partition coefficient (Wildman–Crippen LogP) is 2.43. The van der Waals surface area contributed by atoms with Crippen molar-refractivity contribution >= 4 is 17.7 Å². The molecule has 0 aliphatic heterocycles. The Kier molecular flexibility index (Phi) is 5.72. The van der Waals surface area contributed by atoms with Gasteiger partial charge in [0.05, 0.1) is 11.3 Å². The number of rotatable bonds is 6. The minimum absolute atomic E-state index is 0.266. The molecule has 0 aromatic rings. The largest absolute Gasteiger partial charge is 0.481 e. The number of aliphatic carboxylic acids is 1. The van der Waals surface area contributed by atoms with E-state index in [1.54, 1.807) is 13.8 Å². The number of hydrogen-bond donors (Lipinski definition) is 1. The van der Waals surface area contributed by atoms with E-state index in [1.165, 1.54) is 0 Å². The van der Waals surface area contributed by atoms with Crippen LogP contribution >= 0.6 is 0 Å². The van der Waals surface area contributed by atoms with E-state index in [0.29, 0.717) is 19.3 Å². The van der Waals surface area contributed by atoms with E-state index >= 15 is 0 Å². The number of carbonyl (C=O) groups excluding carboxylic acids is 2. The summed E-state index contributed by atoms with van der Waals surface area (Å²) in [7, 11) is 0. The average molecular weight is 284 g/mol. The lowest BCUT2D eigenvalue weighted by Gasteiger charge is -2.27. The van der Waals surface area contributed by atoms with Gasteiger partial charge in [-0.25, -0.2) is 0 Å². The molecule has 0 amide bonds. The van der Waals surface area contributed by atoms with Crippen molar-refractivity contribution in [3.8, 4) is 0 Å². The van der Waals surface area contributed by atoms with Crippen LogP contribution in [0.15, 0.2) is 0 Å². The molecule has 2 atom stereocenters. The van der Waals surface area contributed by atoms with Crippen molar-refractivity contribution in [1.82, 2.24) is 0 Å². The van der Waals surface area contributed by atoms with Crippen LogP contribution in [-0.2, 0) is 19.1 Å². The molecule has 1 N–H and O–H groups in total. The smallest absolute Gasteiger partial charge is 0.311 e. The van der Waals surface area contributed by atoms with Gasteiger partial charge in [-0.3, -0.25) is 14.4 Å². The number of carbonyl (C=O) groups is 3. The van der Waals surface area contributed by atoms with E-state index in [2.05, 4.69) is 0 Å². The summed E-state index contributed by atoms with van der Waals surface area (Å²) in [6.45, 7) is 5.10. The molecule has 0 saturated heterocycles. The number of hydrogen-bond acceptors (Lipinski definition) is 4. The Labute approximate surface area is 119 Å². The van der Waals surface area contributed by atoms with Crippen molar-refractivity contribution in [3.05, 3.63) is 0 Å². The number of esters is 1. The maximum absolute atomic E-state index is 12.1. The summed E-state index contributed by atoms with van der Waals surface area (Å²) in [4.78, 5) is 35.1. The number of ether oxygens (including phenoxy) is 1. The quantitative estimate of drug-likeness (QED) is 0.758. The van der Waals surface area contributed by atoms with Gasteiger partial charge in [0, 0.05) is 5.92 Å². The van der Waals surface area contributed by atoms with Gasteiger partial charge >= 0.3 is 11.9 Å². The second kappa shape index (κ2) is 6.86. The molecular weight excluding hydrogens is 260 g/mol. The molecule has 0 radical (unpaired) electrons. The minimum Gasteiger partial charge on any atom is -0.481 e. The molecular formula is C15H24O5. The zero-order valence-corrected chi connectivity index (χ0v) is 12.5. The Bertz CT molecular complexity index is 386. The summed E-state index contributed by atoms with van der Waals surface area (Å²) >= 11 is 0. The average Bonchev–Trinajstić information content (AvgIpc) is 2.44. The zero-order valence-electron chi connectivity index (χ0n) is 12.5. The third-order valence-corrected chi connectivity index (χ3v) is 4.28. The van der Waals surface area contributed by atoms with Crippen LogP contribution in [0.4, 0.5) is 0 Å². The Balaban J connectivity index is 2.57. The van der Waals surface area contributed by atoms with Gasteiger partial charge in [0.15, 0.2) is 5.78 Å². The second-order valence-corrected chi connectivity index (χ2v) is 6.12. The fourth-order valence-electron chi connectivity index (χ4n) is 2.40. The fraction of sp³-hybridized carbons (Fsp3) is 0.800. The van der Waals surface area contributed by atoms with E-state index < -0.39 is 29.2 Å². The Hall–Kier alpha value is -1.39. The van der Waals surface area contributed by atoms with Crippen molar-refractivity contribution in [2.45, 2.75) is 52.9 Å². The molecule has 1 aliphatic carbocycles. The first-order valence-electron chi connectivity index (χ1n) is 7.22. The summed E-state index contributed by atoms with van der Waals surface area (Å²) in [6, 6.07) is 0. The van der Waals surface area contributed by atoms with E-state index in [4.69, 9.17) is 9.84 Å². The molecule has 0 spiro atoms. The standard InChI is InChI=1S/C15H24O5/c1-4-15(2,3)14(19)20-9-12(16)10-7-5-6-8-11(10)13(17)18/h10-11H,4-9H2,1-3H3,(H,17,18). The summed E-state index contributed by atoms with van der Waals surface area (Å²) in [5.41, 5.74) is -0.612. The monoisotopic (exact) mass is 284 g/mol. The highest BCUT2D eigenvalue weighted by Gasteiger charge is 2.36. The van der Waals surface area contributed by atoms with Crippen LogP contribution in [-0.4, -0.2) is 29.4 Å². The van der Waals surface area contributed by atoms with Crippen molar-refractivity contribution in [2.24, 2.45) is 17.3 Å². The van der Waals surface area contributed by atoms with Gasteiger partial charge in [0.1, 0.15) is 6.61 Å². The first-order valence-corrected chi connectivity index (χ1v) is 7.22. The Morgan fingerprint density at radius 1 is 1.15 bits per heavy atom. The lowest BCUT2D eigenvalue weighted by atomic mass is 9.77. The molecule has 1 rings (SSSR count). The first-order chi connectivity index (χ1) is 9.29. The van der Waals surface area contributed by atoms with Gasteiger partial charge in [-0.05, 0) is 33.1 Å². The number of carboxylic acid groups (broad SMARTS) is 1. The Morgan fingerprint density at radius 3 is 2.20 bits per heavy atom. The van der Waals surface area contributed by atoms with Gasteiger partial charge < -0.3 is 9.84 Å². The van der Waals surface area contributed by atoms with Crippen LogP contribution in [0, 0.1) is 17.3 Å². The van der Waals surface area contributed by atoms with Gasteiger partial charge in [-0.15, -0.1) is 0 Å². The van der Waals surface area contributed by atoms with E-state index in [0.717, 1.165) is 12.8 Å². The normalized spacial score (nSPS) is 23.1. The van der Waals surface area contributed by atoms with Crippen molar-refractivity contribution in [3.63, 3.8) is 0 Å². The lowest BCUT2D eigenvalue weighted by molar-refractivity contribution is -0.159. The zero-order chi connectivity index (χ0) is 15.3. The summed E-state index contributed by atoms with van der Waals surface area (Å²) in [5.74, 6) is -2.75. The van der Waals surface area contributed by atoms with Crippen LogP contribution in [0.2, 0.25) is 0 Å². The van der Waals surface area contributed by atoms with E-state index in [1.807, 2.05) is 6.92 Å². The van der Waals surface area contributed by atoms with Gasteiger partial charge in [-0.2, -0.15) is 0 Å². The molecule has 2 unspecified atom stereocenters. The number of ketones is 1. The van der Waals surface area contributed by atoms with Crippen LogP contribution in [0.5, 0.6) is 0 Å². The SMILES string of the molecule is CCC(C)(C)C(=O)OCC(=O)C1CCCCC1C(=O)O. The molecule has 114 valence electrons. The molecule has 0 bridgehead atoms. The highest BCUT2D eigenvalue weighted by molar-refractivity contribution is 5.89.